The number of rotatable bonds is 23. The Bertz CT molecular complexity index is 1450. The lowest BCUT2D eigenvalue weighted by Crippen LogP contribution is -2.46. The molecule has 0 radical (unpaired) electrons. The molecule has 0 bridgehead atoms. The number of benzene rings is 1. The highest BCUT2D eigenvalue weighted by atomic mass is 16.6. The molecule has 53 heavy (non-hydrogen) atoms. The molecule has 1 heterocycles. The predicted octanol–water partition coefficient (Wildman–Crippen LogP) is 3.27. The molecule has 14 nitrogen and oxygen atoms in total. The molecule has 14 heteroatoms. The van der Waals surface area contributed by atoms with Crippen LogP contribution < -0.4 is 16.0 Å². The first-order valence-corrected chi connectivity index (χ1v) is 18.3. The first kappa shape index (κ1) is 44.3. The minimum Gasteiger partial charge on any atom is -0.444 e. The van der Waals surface area contributed by atoms with E-state index >= 15 is 0 Å². The summed E-state index contributed by atoms with van der Waals surface area (Å²) in [5.74, 6) is -3.24. The number of hydrogen-bond acceptors (Lipinski definition) is 9. The predicted molar refractivity (Wildman–Crippen MR) is 198 cm³/mol. The molecule has 1 aromatic rings. The number of ether oxygens (including phenoxy) is 1. The zero-order valence-electron chi connectivity index (χ0n) is 32.0. The van der Waals surface area contributed by atoms with Crippen molar-refractivity contribution in [3.8, 4) is 0 Å². The summed E-state index contributed by atoms with van der Waals surface area (Å²) < 4.78 is 5.30. The van der Waals surface area contributed by atoms with Gasteiger partial charge in [-0.1, -0.05) is 50.6 Å². The summed E-state index contributed by atoms with van der Waals surface area (Å²) in [6.45, 7) is 9.54. The molecule has 1 aliphatic heterocycles. The van der Waals surface area contributed by atoms with Gasteiger partial charge in [0.25, 0.3) is 11.8 Å². The number of amides is 6. The van der Waals surface area contributed by atoms with Gasteiger partial charge >= 0.3 is 6.09 Å². The molecule has 0 unspecified atom stereocenters. The van der Waals surface area contributed by atoms with Crippen LogP contribution in [0.25, 0.3) is 0 Å². The van der Waals surface area contributed by atoms with Crippen LogP contribution in [0.1, 0.15) is 91.5 Å². The summed E-state index contributed by atoms with van der Waals surface area (Å²) in [6.07, 6.45) is 4.04. The summed E-state index contributed by atoms with van der Waals surface area (Å²) in [4.78, 5) is 103. The van der Waals surface area contributed by atoms with Crippen molar-refractivity contribution < 1.29 is 43.1 Å². The van der Waals surface area contributed by atoms with Crippen molar-refractivity contribution in [2.24, 2.45) is 11.8 Å². The van der Waals surface area contributed by atoms with E-state index in [0.717, 1.165) is 10.5 Å². The molecular formula is C39H57N5O9. The molecule has 0 aliphatic carbocycles. The van der Waals surface area contributed by atoms with E-state index in [9.17, 15) is 38.4 Å². The normalized spacial score (nSPS) is 13.8. The molecule has 3 N–H and O–H groups in total. The Balaban J connectivity index is 1.89. The molecule has 0 aromatic heterocycles. The fourth-order valence-corrected chi connectivity index (χ4v) is 5.50. The average Bonchev–Trinajstić information content (AvgIpc) is 3.40. The van der Waals surface area contributed by atoms with E-state index in [2.05, 4.69) is 16.0 Å². The van der Waals surface area contributed by atoms with E-state index in [1.807, 2.05) is 44.2 Å². The monoisotopic (exact) mass is 739 g/mol. The van der Waals surface area contributed by atoms with E-state index in [1.54, 1.807) is 27.8 Å². The Morgan fingerprint density at radius 3 is 2.11 bits per heavy atom. The quantitative estimate of drug-likeness (QED) is 0.112. The Morgan fingerprint density at radius 2 is 1.49 bits per heavy atom. The van der Waals surface area contributed by atoms with Crippen molar-refractivity contribution in [1.29, 1.82) is 0 Å². The lowest BCUT2D eigenvalue weighted by molar-refractivity contribution is -0.137. The maximum absolute atomic E-state index is 13.7. The second-order valence-corrected chi connectivity index (χ2v) is 14.8. The first-order chi connectivity index (χ1) is 24.9. The van der Waals surface area contributed by atoms with E-state index in [-0.39, 0.29) is 99.4 Å². The van der Waals surface area contributed by atoms with Crippen LogP contribution in [0.4, 0.5) is 4.79 Å². The highest BCUT2D eigenvalue weighted by Gasteiger charge is 2.29. The molecule has 1 aliphatic rings. The third kappa shape index (κ3) is 17.9. The molecule has 1 aromatic carbocycles. The van der Waals surface area contributed by atoms with Gasteiger partial charge in [0.05, 0.1) is 12.6 Å². The van der Waals surface area contributed by atoms with Gasteiger partial charge in [-0.15, -0.1) is 0 Å². The van der Waals surface area contributed by atoms with Gasteiger partial charge in [0.15, 0.2) is 11.6 Å². The summed E-state index contributed by atoms with van der Waals surface area (Å²) in [5, 5.41) is 8.17. The fourth-order valence-electron chi connectivity index (χ4n) is 5.50. The Labute approximate surface area is 312 Å². The maximum atomic E-state index is 13.7. The van der Waals surface area contributed by atoms with Gasteiger partial charge in [0, 0.05) is 70.4 Å². The Morgan fingerprint density at radius 1 is 0.849 bits per heavy atom. The maximum Gasteiger partial charge on any atom is 0.410 e. The zero-order chi connectivity index (χ0) is 39.6. The lowest BCUT2D eigenvalue weighted by Gasteiger charge is -2.24. The van der Waals surface area contributed by atoms with E-state index in [0.29, 0.717) is 25.7 Å². The molecule has 0 saturated carbocycles. The van der Waals surface area contributed by atoms with Crippen LogP contribution in [0.3, 0.4) is 0 Å². The van der Waals surface area contributed by atoms with E-state index < -0.39 is 29.6 Å². The van der Waals surface area contributed by atoms with Crippen molar-refractivity contribution in [2.75, 3.05) is 33.2 Å². The fraction of sp³-hybridized carbons (Fsp3) is 0.590. The topological polar surface area (TPSA) is 188 Å². The van der Waals surface area contributed by atoms with Crippen LogP contribution in [0.15, 0.2) is 42.5 Å². The van der Waals surface area contributed by atoms with Crippen LogP contribution >= 0.6 is 0 Å². The largest absolute Gasteiger partial charge is 0.444 e. The third-order valence-corrected chi connectivity index (χ3v) is 8.32. The van der Waals surface area contributed by atoms with Crippen LogP contribution in [0.5, 0.6) is 0 Å². The van der Waals surface area contributed by atoms with Gasteiger partial charge in [-0.05, 0) is 57.9 Å². The van der Waals surface area contributed by atoms with E-state index in [4.69, 9.17) is 4.74 Å². The smallest absolute Gasteiger partial charge is 0.410 e. The van der Waals surface area contributed by atoms with Crippen molar-refractivity contribution in [2.45, 2.75) is 104 Å². The van der Waals surface area contributed by atoms with Gasteiger partial charge in [-0.3, -0.25) is 38.5 Å². The number of carbonyl (C=O) groups excluding carboxylic acids is 8. The number of likely N-dealkylation sites (N-methyl/N-ethyl adjacent to an activating group) is 1. The van der Waals surface area contributed by atoms with Gasteiger partial charge in [-0.25, -0.2) is 4.79 Å². The summed E-state index contributed by atoms with van der Waals surface area (Å²) >= 11 is 0. The summed E-state index contributed by atoms with van der Waals surface area (Å²) in [7, 11) is 1.56. The van der Waals surface area contributed by atoms with Crippen LogP contribution in [-0.4, -0.2) is 102 Å². The number of hydrogen-bond donors (Lipinski definition) is 3. The second-order valence-electron chi connectivity index (χ2n) is 14.8. The third-order valence-electron chi connectivity index (χ3n) is 8.32. The van der Waals surface area contributed by atoms with Crippen molar-refractivity contribution >= 4 is 47.2 Å². The molecule has 6 amide bonds. The number of unbranched alkanes of at least 4 members (excludes halogenated alkanes) is 2. The van der Waals surface area contributed by atoms with Crippen LogP contribution in [0.2, 0.25) is 0 Å². The standard InChI is InChI=1S/C39H57N5O9/c1-27(2)23-31(32(46)16-17-34(48)40-20-22-43(6)38(52)53-39(3,4)5)42-37(51)29(24-28-13-9-7-10-14-28)25-30(45)26-41-33(47)15-11-8-12-21-44-35(49)18-19-36(44)50/h7,9-10,13-14,18-19,27,29,31H,8,11-12,15-17,20-26H2,1-6H3,(H,40,48)(H,41,47)(H,42,51)/t29-,31+/m1/s1. The van der Waals surface area contributed by atoms with Crippen molar-refractivity contribution in [1.82, 2.24) is 25.8 Å². The minimum absolute atomic E-state index is 0.0492. The zero-order valence-corrected chi connectivity index (χ0v) is 32.0. The number of nitrogens with one attached hydrogen (secondary N) is 3. The number of nitrogens with zero attached hydrogens (tertiary/aromatic N) is 2. The molecule has 0 spiro atoms. The van der Waals surface area contributed by atoms with Crippen LogP contribution in [-0.2, 0) is 44.7 Å². The van der Waals surface area contributed by atoms with Crippen molar-refractivity contribution in [3.63, 3.8) is 0 Å². The van der Waals surface area contributed by atoms with Crippen molar-refractivity contribution in [3.05, 3.63) is 48.0 Å². The van der Waals surface area contributed by atoms with Gasteiger partial charge in [0.1, 0.15) is 5.60 Å². The molecule has 292 valence electrons. The van der Waals surface area contributed by atoms with Gasteiger partial charge in [0.2, 0.25) is 17.7 Å². The summed E-state index contributed by atoms with van der Waals surface area (Å²) in [5.41, 5.74) is 0.188. The number of carbonyl (C=O) groups is 8. The van der Waals surface area contributed by atoms with E-state index in [1.165, 1.54) is 17.1 Å². The van der Waals surface area contributed by atoms with Gasteiger partial charge in [-0.2, -0.15) is 0 Å². The molecule has 2 atom stereocenters. The summed E-state index contributed by atoms with van der Waals surface area (Å²) in [6, 6.07) is 8.33. The lowest BCUT2D eigenvalue weighted by atomic mass is 9.91. The Hall–Kier alpha value is -4.88. The highest BCUT2D eigenvalue weighted by molar-refractivity contribution is 6.12. The number of ketones is 2. The number of imide groups is 1. The molecule has 0 saturated heterocycles. The first-order valence-electron chi connectivity index (χ1n) is 18.3. The molecule has 0 fully saturated rings. The SMILES string of the molecule is CC(C)C[C@H](NC(=O)[C@@H](CC(=O)CNC(=O)CCCCCN1C(=O)C=CC1=O)Cc1ccccc1)C(=O)CCC(=O)NCCN(C)C(=O)OC(C)(C)C. The average molecular weight is 740 g/mol. The Kier molecular flexibility index (Phi) is 18.6. The van der Waals surface area contributed by atoms with Gasteiger partial charge < -0.3 is 25.6 Å². The second kappa shape index (κ2) is 22.2. The minimum atomic E-state index is -0.861. The number of Topliss-reactive ketones (excluding diaryl/α,β-unsaturated/α-hetero) is 2. The van der Waals surface area contributed by atoms with Crippen LogP contribution in [0, 0.1) is 11.8 Å². The highest BCUT2D eigenvalue weighted by Crippen LogP contribution is 2.17. The molecular weight excluding hydrogens is 682 g/mol. The molecule has 2 rings (SSSR count).